The number of piperidine rings is 2. The summed E-state index contributed by atoms with van der Waals surface area (Å²) in [5.74, 6) is 0.955. The number of carbonyl (C=O) groups is 1. The van der Waals surface area contributed by atoms with Gasteiger partial charge in [0.25, 0.3) is 0 Å². The molecule has 2 aromatic rings. The Bertz CT molecular complexity index is 782. The van der Waals surface area contributed by atoms with Gasteiger partial charge >= 0.3 is 0 Å². The molecule has 0 atom stereocenters. The number of hydrogen-bond donors (Lipinski definition) is 1. The maximum atomic E-state index is 12.4. The van der Waals surface area contributed by atoms with Crippen molar-refractivity contribution in [3.8, 4) is 0 Å². The Balaban J connectivity index is 1.29. The summed E-state index contributed by atoms with van der Waals surface area (Å²) in [7, 11) is 0. The summed E-state index contributed by atoms with van der Waals surface area (Å²) < 4.78 is 2.08. The molecule has 28 heavy (non-hydrogen) atoms. The van der Waals surface area contributed by atoms with Crippen molar-refractivity contribution in [3.05, 3.63) is 42.6 Å². The van der Waals surface area contributed by atoms with Crippen LogP contribution in [0.4, 0.5) is 5.82 Å². The summed E-state index contributed by atoms with van der Waals surface area (Å²) in [4.78, 5) is 25.3. The monoisotopic (exact) mass is 382 g/mol. The second-order valence-corrected chi connectivity index (χ2v) is 8.29. The molecule has 7 nitrogen and oxygen atoms in total. The van der Waals surface area contributed by atoms with Gasteiger partial charge in [-0.3, -0.25) is 9.69 Å². The predicted octanol–water partition coefficient (Wildman–Crippen LogP) is 2.16. The van der Waals surface area contributed by atoms with Gasteiger partial charge in [-0.2, -0.15) is 0 Å². The Kier molecular flexibility index (Phi) is 5.62. The van der Waals surface area contributed by atoms with E-state index < -0.39 is 0 Å². The molecule has 0 aliphatic carbocycles. The minimum atomic E-state index is 0.292. The fourth-order valence-corrected chi connectivity index (χ4v) is 4.59. The second-order valence-electron chi connectivity index (χ2n) is 8.29. The zero-order valence-corrected chi connectivity index (χ0v) is 16.5. The van der Waals surface area contributed by atoms with E-state index in [1.165, 1.54) is 0 Å². The highest BCUT2D eigenvalue weighted by Crippen LogP contribution is 2.40. The first-order valence-corrected chi connectivity index (χ1v) is 10.3. The van der Waals surface area contributed by atoms with Crippen LogP contribution in [0, 0.1) is 5.41 Å². The van der Waals surface area contributed by atoms with Gasteiger partial charge in [0.1, 0.15) is 5.82 Å². The van der Waals surface area contributed by atoms with E-state index in [4.69, 9.17) is 5.73 Å². The molecule has 1 spiro atoms. The maximum Gasteiger partial charge on any atom is 0.222 e. The third kappa shape index (κ3) is 4.35. The number of imidazole rings is 1. The molecule has 1 amide bonds. The molecule has 2 aliphatic rings. The molecule has 2 N–H and O–H groups in total. The lowest BCUT2D eigenvalue weighted by molar-refractivity contribution is -0.139. The molecule has 4 rings (SSSR count). The Labute approximate surface area is 166 Å². The van der Waals surface area contributed by atoms with Crippen LogP contribution in [-0.4, -0.2) is 56.4 Å². The van der Waals surface area contributed by atoms with Gasteiger partial charge in [0.05, 0.1) is 6.33 Å². The van der Waals surface area contributed by atoms with E-state index in [9.17, 15) is 4.79 Å². The average Bonchev–Trinajstić information content (AvgIpc) is 3.22. The molecule has 2 saturated heterocycles. The minimum Gasteiger partial charge on any atom is -0.383 e. The van der Waals surface area contributed by atoms with E-state index in [-0.39, 0.29) is 0 Å². The van der Waals surface area contributed by atoms with Crippen molar-refractivity contribution < 1.29 is 4.79 Å². The molecular formula is C21H30N6O. The van der Waals surface area contributed by atoms with Crippen molar-refractivity contribution in [1.29, 1.82) is 0 Å². The van der Waals surface area contributed by atoms with Crippen LogP contribution < -0.4 is 5.73 Å². The number of aromatic nitrogens is 3. The van der Waals surface area contributed by atoms with E-state index in [2.05, 4.69) is 30.4 Å². The zero-order chi connectivity index (χ0) is 19.4. The first kappa shape index (κ1) is 18.9. The Morgan fingerprint density at radius 3 is 2.75 bits per heavy atom. The summed E-state index contributed by atoms with van der Waals surface area (Å²) in [6.45, 7) is 5.66. The molecule has 2 fully saturated rings. The zero-order valence-electron chi connectivity index (χ0n) is 16.5. The number of likely N-dealkylation sites (tertiary alicyclic amines) is 2. The number of hydrogen-bond acceptors (Lipinski definition) is 5. The lowest BCUT2D eigenvalue weighted by Gasteiger charge is -2.47. The number of carbonyl (C=O) groups excluding carboxylic acids is 1. The second kappa shape index (κ2) is 8.31. The number of pyridine rings is 1. The first-order chi connectivity index (χ1) is 13.6. The van der Waals surface area contributed by atoms with Gasteiger partial charge < -0.3 is 15.2 Å². The van der Waals surface area contributed by atoms with Crippen LogP contribution in [0.5, 0.6) is 0 Å². The quantitative estimate of drug-likeness (QED) is 0.828. The molecule has 2 aliphatic heterocycles. The van der Waals surface area contributed by atoms with E-state index in [1.807, 2.05) is 18.6 Å². The van der Waals surface area contributed by atoms with Crippen LogP contribution >= 0.6 is 0 Å². The first-order valence-electron chi connectivity index (χ1n) is 10.3. The summed E-state index contributed by atoms with van der Waals surface area (Å²) in [6, 6.07) is 4.01. The normalized spacial score (nSPS) is 20.0. The maximum absolute atomic E-state index is 12.4. The number of aryl methyl sites for hydroxylation is 1. The smallest absolute Gasteiger partial charge is 0.222 e. The SMILES string of the molecule is Nc1ncccc1CN1CCC2(CCC(=O)N(CCCn3ccnc3)C2)CC1. The molecule has 2 aromatic heterocycles. The van der Waals surface area contributed by atoms with Crippen LogP contribution in [0.2, 0.25) is 0 Å². The lowest BCUT2D eigenvalue weighted by Crippen LogP contribution is -2.51. The Morgan fingerprint density at radius 1 is 1.14 bits per heavy atom. The number of nitrogens with zero attached hydrogens (tertiary/aromatic N) is 5. The molecule has 150 valence electrons. The molecular weight excluding hydrogens is 352 g/mol. The fourth-order valence-electron chi connectivity index (χ4n) is 4.59. The standard InChI is InChI=1S/C21H30N6O/c22-20-18(3-1-8-24-20)15-25-12-6-21(7-13-25)5-4-19(28)27(16-21)11-2-10-26-14-9-23-17-26/h1,3,8-9,14,17H,2,4-7,10-13,15-16H2,(H2,22,24). The third-order valence-electron chi connectivity index (χ3n) is 6.39. The lowest BCUT2D eigenvalue weighted by atomic mass is 9.72. The number of anilines is 1. The topological polar surface area (TPSA) is 80.3 Å². The van der Waals surface area contributed by atoms with Crippen molar-refractivity contribution in [3.63, 3.8) is 0 Å². The number of nitrogen functional groups attached to an aromatic ring is 1. The van der Waals surface area contributed by atoms with Gasteiger partial charge in [0.2, 0.25) is 5.91 Å². The van der Waals surface area contributed by atoms with Crippen molar-refractivity contribution >= 4 is 11.7 Å². The van der Waals surface area contributed by atoms with Crippen LogP contribution in [0.15, 0.2) is 37.1 Å². The Morgan fingerprint density at radius 2 is 2.00 bits per heavy atom. The van der Waals surface area contributed by atoms with Crippen LogP contribution in [0.25, 0.3) is 0 Å². The molecule has 7 heteroatoms. The van der Waals surface area contributed by atoms with E-state index >= 15 is 0 Å². The minimum absolute atomic E-state index is 0.292. The molecule has 0 saturated carbocycles. The number of nitrogens with two attached hydrogens (primary N) is 1. The predicted molar refractivity (Wildman–Crippen MR) is 108 cm³/mol. The van der Waals surface area contributed by atoms with Crippen molar-refractivity contribution in [2.24, 2.45) is 5.41 Å². The summed E-state index contributed by atoms with van der Waals surface area (Å²) in [5, 5.41) is 0. The van der Waals surface area contributed by atoms with E-state index in [0.29, 0.717) is 23.6 Å². The van der Waals surface area contributed by atoms with Gasteiger partial charge in [-0.05, 0) is 50.3 Å². The third-order valence-corrected chi connectivity index (χ3v) is 6.39. The van der Waals surface area contributed by atoms with Crippen molar-refractivity contribution in [2.45, 2.75) is 45.2 Å². The number of rotatable bonds is 6. The van der Waals surface area contributed by atoms with Crippen LogP contribution in [-0.2, 0) is 17.9 Å². The molecule has 4 heterocycles. The van der Waals surface area contributed by atoms with Crippen LogP contribution in [0.1, 0.15) is 37.7 Å². The van der Waals surface area contributed by atoms with E-state index in [0.717, 1.165) is 70.5 Å². The molecule has 0 aromatic carbocycles. The van der Waals surface area contributed by atoms with E-state index in [1.54, 1.807) is 12.4 Å². The van der Waals surface area contributed by atoms with Gasteiger partial charge in [0.15, 0.2) is 0 Å². The van der Waals surface area contributed by atoms with Crippen LogP contribution in [0.3, 0.4) is 0 Å². The summed E-state index contributed by atoms with van der Waals surface area (Å²) >= 11 is 0. The molecule has 0 unspecified atom stereocenters. The summed E-state index contributed by atoms with van der Waals surface area (Å²) in [5.41, 5.74) is 7.40. The molecule has 0 radical (unpaired) electrons. The van der Waals surface area contributed by atoms with Crippen molar-refractivity contribution in [1.82, 2.24) is 24.3 Å². The molecule has 0 bridgehead atoms. The Hall–Kier alpha value is -2.41. The van der Waals surface area contributed by atoms with Gasteiger partial charge in [-0.25, -0.2) is 9.97 Å². The van der Waals surface area contributed by atoms with Gasteiger partial charge in [0, 0.05) is 56.8 Å². The van der Waals surface area contributed by atoms with Crippen molar-refractivity contribution in [2.75, 3.05) is 31.9 Å². The summed E-state index contributed by atoms with van der Waals surface area (Å²) in [6.07, 6.45) is 12.4. The van der Waals surface area contributed by atoms with Gasteiger partial charge in [-0.1, -0.05) is 6.07 Å². The number of amides is 1. The van der Waals surface area contributed by atoms with Gasteiger partial charge in [-0.15, -0.1) is 0 Å². The fraction of sp³-hybridized carbons (Fsp3) is 0.571. The highest BCUT2D eigenvalue weighted by molar-refractivity contribution is 5.77. The highest BCUT2D eigenvalue weighted by Gasteiger charge is 2.40. The average molecular weight is 383 g/mol. The highest BCUT2D eigenvalue weighted by atomic mass is 16.2. The largest absolute Gasteiger partial charge is 0.383 e.